The number of aliphatic hydroxyl groups is 1. The molecule has 0 aliphatic carbocycles. The topological polar surface area (TPSA) is 76.1 Å². The van der Waals surface area contributed by atoms with Gasteiger partial charge in [0.2, 0.25) is 0 Å². The van der Waals surface area contributed by atoms with E-state index in [9.17, 15) is 14.7 Å². The third-order valence-electron chi connectivity index (χ3n) is 4.61. The number of ketones is 1. The fraction of sp³-hybridized carbons (Fsp3) is 0.238. The number of hydrogen-bond donors (Lipinski definition) is 1. The number of benzene rings is 2. The van der Waals surface area contributed by atoms with Crippen LogP contribution in [0.1, 0.15) is 17.2 Å². The van der Waals surface area contributed by atoms with Gasteiger partial charge >= 0.3 is 0 Å². The van der Waals surface area contributed by atoms with Gasteiger partial charge < -0.3 is 19.5 Å². The van der Waals surface area contributed by atoms with Gasteiger partial charge in [0.15, 0.2) is 0 Å². The summed E-state index contributed by atoms with van der Waals surface area (Å²) in [7, 11) is 3.07. The summed E-state index contributed by atoms with van der Waals surface area (Å²) in [4.78, 5) is 26.8. The van der Waals surface area contributed by atoms with Crippen molar-refractivity contribution in [2.24, 2.45) is 0 Å². The average molecular weight is 402 g/mol. The van der Waals surface area contributed by atoms with E-state index in [1.54, 1.807) is 55.6 Å². The van der Waals surface area contributed by atoms with Crippen molar-refractivity contribution < 1.29 is 24.2 Å². The van der Waals surface area contributed by atoms with Crippen molar-refractivity contribution >= 4 is 29.1 Å². The molecule has 0 bridgehead atoms. The minimum absolute atomic E-state index is 0.0218. The SMILES string of the molecule is COCCN1C(=O)C(=O)/C(=C(\O)c2cccc(Cl)c2)C1c1ccc(OC)cc1. The Hall–Kier alpha value is -2.83. The van der Waals surface area contributed by atoms with Gasteiger partial charge in [0.1, 0.15) is 11.5 Å². The predicted octanol–water partition coefficient (Wildman–Crippen LogP) is 3.42. The maximum atomic E-state index is 12.8. The van der Waals surface area contributed by atoms with Crippen LogP contribution in [-0.2, 0) is 14.3 Å². The minimum Gasteiger partial charge on any atom is -0.507 e. The maximum Gasteiger partial charge on any atom is 0.295 e. The molecule has 1 aliphatic heterocycles. The first-order chi connectivity index (χ1) is 13.5. The summed E-state index contributed by atoms with van der Waals surface area (Å²) in [5.74, 6) is -1.04. The van der Waals surface area contributed by atoms with Crippen molar-refractivity contribution in [1.29, 1.82) is 0 Å². The number of methoxy groups -OCH3 is 2. The molecule has 1 atom stereocenters. The summed E-state index contributed by atoms with van der Waals surface area (Å²) >= 11 is 6.02. The first kappa shape index (κ1) is 19.9. The molecule has 0 saturated carbocycles. The molecule has 0 spiro atoms. The molecule has 0 aromatic heterocycles. The molecule has 1 unspecified atom stereocenters. The Labute approximate surface area is 167 Å². The Kier molecular flexibility index (Phi) is 6.02. The van der Waals surface area contributed by atoms with Crippen LogP contribution < -0.4 is 4.74 Å². The van der Waals surface area contributed by atoms with Crippen molar-refractivity contribution in [2.45, 2.75) is 6.04 Å². The second-order valence-electron chi connectivity index (χ2n) is 6.27. The first-order valence-corrected chi connectivity index (χ1v) is 9.03. The quantitative estimate of drug-likeness (QED) is 0.456. The van der Waals surface area contributed by atoms with Crippen molar-refractivity contribution in [3.63, 3.8) is 0 Å². The number of halogens is 1. The zero-order valence-electron chi connectivity index (χ0n) is 15.5. The smallest absolute Gasteiger partial charge is 0.295 e. The average Bonchev–Trinajstić information content (AvgIpc) is 2.96. The number of Topliss-reactive ketones (excluding diaryl/α,β-unsaturated/α-hetero) is 1. The molecule has 146 valence electrons. The van der Waals surface area contributed by atoms with Gasteiger partial charge in [-0.15, -0.1) is 0 Å². The molecule has 1 heterocycles. The highest BCUT2D eigenvalue weighted by Gasteiger charge is 2.45. The molecule has 2 aromatic rings. The first-order valence-electron chi connectivity index (χ1n) is 8.65. The van der Waals surface area contributed by atoms with Crippen LogP contribution in [0.2, 0.25) is 5.02 Å². The Balaban J connectivity index is 2.15. The molecule has 28 heavy (non-hydrogen) atoms. The fourth-order valence-electron chi connectivity index (χ4n) is 3.22. The standard InChI is InChI=1S/C21H20ClNO5/c1-27-11-10-23-18(13-6-8-16(28-2)9-7-13)17(20(25)21(23)26)19(24)14-4-3-5-15(22)12-14/h3-9,12,18,24H,10-11H2,1-2H3/b19-17-. The summed E-state index contributed by atoms with van der Waals surface area (Å²) in [5, 5.41) is 11.3. The van der Waals surface area contributed by atoms with E-state index < -0.39 is 17.7 Å². The lowest BCUT2D eigenvalue weighted by Crippen LogP contribution is -2.32. The molecule has 2 aromatic carbocycles. The minimum atomic E-state index is -0.741. The van der Waals surface area contributed by atoms with Crippen molar-refractivity contribution in [3.05, 3.63) is 70.3 Å². The number of hydrogen-bond acceptors (Lipinski definition) is 5. The number of amides is 1. The molecule has 3 rings (SSSR count). The van der Waals surface area contributed by atoms with E-state index >= 15 is 0 Å². The Bertz CT molecular complexity index is 923. The van der Waals surface area contributed by atoms with E-state index in [0.717, 1.165) is 0 Å². The van der Waals surface area contributed by atoms with Gasteiger partial charge in [-0.1, -0.05) is 35.9 Å². The Morgan fingerprint density at radius 3 is 2.46 bits per heavy atom. The van der Waals surface area contributed by atoms with E-state index in [1.807, 2.05) is 0 Å². The molecule has 6 nitrogen and oxygen atoms in total. The van der Waals surface area contributed by atoms with Gasteiger partial charge in [0.05, 0.1) is 25.3 Å². The van der Waals surface area contributed by atoms with Gasteiger partial charge in [0, 0.05) is 24.2 Å². The van der Waals surface area contributed by atoms with Crippen molar-refractivity contribution in [2.75, 3.05) is 27.4 Å². The number of rotatable bonds is 6. The van der Waals surface area contributed by atoms with Crippen LogP contribution in [0.3, 0.4) is 0 Å². The number of carbonyl (C=O) groups is 2. The molecule has 1 N–H and O–H groups in total. The summed E-state index contributed by atoms with van der Waals surface area (Å²) < 4.78 is 10.3. The van der Waals surface area contributed by atoms with Gasteiger partial charge in [-0.25, -0.2) is 0 Å². The van der Waals surface area contributed by atoms with E-state index in [2.05, 4.69) is 0 Å². The number of nitrogens with zero attached hydrogens (tertiary/aromatic N) is 1. The van der Waals surface area contributed by atoms with Crippen molar-refractivity contribution in [1.82, 2.24) is 4.90 Å². The number of ether oxygens (including phenoxy) is 2. The molecule has 7 heteroatoms. The zero-order valence-corrected chi connectivity index (χ0v) is 16.3. The second kappa shape index (κ2) is 8.46. The lowest BCUT2D eigenvalue weighted by atomic mass is 9.95. The highest BCUT2D eigenvalue weighted by Crippen LogP contribution is 2.39. The van der Waals surface area contributed by atoms with E-state index in [0.29, 0.717) is 21.9 Å². The summed E-state index contributed by atoms with van der Waals surface area (Å²) in [5.41, 5.74) is 1.07. The molecule has 1 amide bonds. The van der Waals surface area contributed by atoms with Crippen LogP contribution in [0, 0.1) is 0 Å². The van der Waals surface area contributed by atoms with Crippen LogP contribution in [-0.4, -0.2) is 49.1 Å². The van der Waals surface area contributed by atoms with Gasteiger partial charge in [-0.3, -0.25) is 9.59 Å². The number of carbonyl (C=O) groups excluding carboxylic acids is 2. The lowest BCUT2D eigenvalue weighted by Gasteiger charge is -2.25. The third-order valence-corrected chi connectivity index (χ3v) is 4.84. The van der Waals surface area contributed by atoms with Crippen LogP contribution in [0.5, 0.6) is 5.75 Å². The van der Waals surface area contributed by atoms with Crippen molar-refractivity contribution in [3.8, 4) is 5.75 Å². The highest BCUT2D eigenvalue weighted by atomic mass is 35.5. The van der Waals surface area contributed by atoms with E-state index in [1.165, 1.54) is 12.0 Å². The van der Waals surface area contributed by atoms with E-state index in [-0.39, 0.29) is 24.5 Å². The molecule has 0 radical (unpaired) electrons. The van der Waals surface area contributed by atoms with Gasteiger partial charge in [-0.2, -0.15) is 0 Å². The van der Waals surface area contributed by atoms with Crippen LogP contribution in [0.4, 0.5) is 0 Å². The van der Waals surface area contributed by atoms with Crippen LogP contribution in [0.15, 0.2) is 54.1 Å². The summed E-state index contributed by atoms with van der Waals surface area (Å²) in [6.45, 7) is 0.473. The molecular formula is C21H20ClNO5. The van der Waals surface area contributed by atoms with E-state index in [4.69, 9.17) is 21.1 Å². The highest BCUT2D eigenvalue weighted by molar-refractivity contribution is 6.46. The van der Waals surface area contributed by atoms with Crippen LogP contribution >= 0.6 is 11.6 Å². The Morgan fingerprint density at radius 1 is 1.14 bits per heavy atom. The Morgan fingerprint density at radius 2 is 1.86 bits per heavy atom. The lowest BCUT2D eigenvalue weighted by molar-refractivity contribution is -0.140. The molecule has 1 fully saturated rings. The van der Waals surface area contributed by atoms with Gasteiger partial charge in [-0.05, 0) is 29.8 Å². The number of aliphatic hydroxyl groups excluding tert-OH is 1. The van der Waals surface area contributed by atoms with Crippen LogP contribution in [0.25, 0.3) is 5.76 Å². The normalized spacial score (nSPS) is 18.5. The second-order valence-corrected chi connectivity index (χ2v) is 6.71. The maximum absolute atomic E-state index is 12.8. The third kappa shape index (κ3) is 3.74. The molecule has 1 aliphatic rings. The predicted molar refractivity (Wildman–Crippen MR) is 105 cm³/mol. The summed E-state index contributed by atoms with van der Waals surface area (Å²) in [6, 6.07) is 12.8. The molecular weight excluding hydrogens is 382 g/mol. The largest absolute Gasteiger partial charge is 0.507 e. The number of likely N-dealkylation sites (tertiary alicyclic amines) is 1. The fourth-order valence-corrected chi connectivity index (χ4v) is 3.41. The van der Waals surface area contributed by atoms with Gasteiger partial charge in [0.25, 0.3) is 11.7 Å². The monoisotopic (exact) mass is 401 g/mol. The summed E-state index contributed by atoms with van der Waals surface area (Å²) in [6.07, 6.45) is 0. The zero-order chi connectivity index (χ0) is 20.3. The molecule has 1 saturated heterocycles.